The zero-order valence-corrected chi connectivity index (χ0v) is 12.8. The standard InChI is InChI=1S/C18H18N4O2/c19-11-3-1-4-12(20)17(11)9-7-16(24)10(8-15(9)23)18-13(21)5-2-6-14(18)22/h1-8,23-24H,19-22H2. The van der Waals surface area contributed by atoms with Crippen LogP contribution < -0.4 is 22.9 Å². The highest BCUT2D eigenvalue weighted by Crippen LogP contribution is 2.45. The van der Waals surface area contributed by atoms with Gasteiger partial charge in [0, 0.05) is 45.0 Å². The van der Waals surface area contributed by atoms with Crippen LogP contribution in [0.3, 0.4) is 0 Å². The molecule has 3 aromatic carbocycles. The zero-order chi connectivity index (χ0) is 17.4. The minimum atomic E-state index is -0.0879. The van der Waals surface area contributed by atoms with Crippen molar-refractivity contribution < 1.29 is 10.2 Å². The van der Waals surface area contributed by atoms with E-state index in [4.69, 9.17) is 22.9 Å². The Balaban J connectivity index is 2.24. The smallest absolute Gasteiger partial charge is 0.124 e. The minimum Gasteiger partial charge on any atom is -0.507 e. The van der Waals surface area contributed by atoms with Crippen LogP contribution in [-0.2, 0) is 0 Å². The Kier molecular flexibility index (Phi) is 3.57. The number of benzene rings is 3. The van der Waals surface area contributed by atoms with E-state index in [0.717, 1.165) is 0 Å². The number of hydrogen-bond acceptors (Lipinski definition) is 6. The van der Waals surface area contributed by atoms with Gasteiger partial charge in [-0.3, -0.25) is 0 Å². The Bertz CT molecular complexity index is 821. The minimum absolute atomic E-state index is 0.0879. The van der Waals surface area contributed by atoms with Crippen LogP contribution in [0.5, 0.6) is 11.5 Å². The average molecular weight is 322 g/mol. The summed E-state index contributed by atoms with van der Waals surface area (Å²) >= 11 is 0. The summed E-state index contributed by atoms with van der Waals surface area (Å²) in [6.45, 7) is 0. The Morgan fingerprint density at radius 3 is 1.12 bits per heavy atom. The van der Waals surface area contributed by atoms with Gasteiger partial charge in [-0.2, -0.15) is 0 Å². The molecule has 0 heterocycles. The van der Waals surface area contributed by atoms with Gasteiger partial charge in [-0.25, -0.2) is 0 Å². The van der Waals surface area contributed by atoms with Gasteiger partial charge >= 0.3 is 0 Å². The molecule has 0 aromatic heterocycles. The zero-order valence-electron chi connectivity index (χ0n) is 12.8. The largest absolute Gasteiger partial charge is 0.507 e. The number of anilines is 4. The molecule has 0 atom stereocenters. The van der Waals surface area contributed by atoms with Gasteiger partial charge in [-0.1, -0.05) is 12.1 Å². The molecule has 0 aliphatic heterocycles. The molecule has 6 heteroatoms. The van der Waals surface area contributed by atoms with Crippen LogP contribution in [0, 0.1) is 0 Å². The molecule has 0 unspecified atom stereocenters. The molecular weight excluding hydrogens is 304 g/mol. The summed E-state index contributed by atoms with van der Waals surface area (Å²) in [5.74, 6) is -0.176. The van der Waals surface area contributed by atoms with Crippen molar-refractivity contribution in [2.24, 2.45) is 0 Å². The predicted octanol–water partition coefficient (Wildman–Crippen LogP) is 2.76. The molecule has 0 amide bonds. The van der Waals surface area contributed by atoms with Crippen LogP contribution in [0.1, 0.15) is 0 Å². The molecule has 0 radical (unpaired) electrons. The summed E-state index contributed by atoms with van der Waals surface area (Å²) < 4.78 is 0. The lowest BCUT2D eigenvalue weighted by Gasteiger charge is -2.15. The van der Waals surface area contributed by atoms with E-state index < -0.39 is 0 Å². The van der Waals surface area contributed by atoms with Gasteiger partial charge in [0.05, 0.1) is 0 Å². The van der Waals surface area contributed by atoms with Crippen LogP contribution in [0.25, 0.3) is 22.3 Å². The van der Waals surface area contributed by atoms with E-state index in [0.29, 0.717) is 45.0 Å². The van der Waals surface area contributed by atoms with E-state index in [2.05, 4.69) is 0 Å². The SMILES string of the molecule is Nc1cccc(N)c1-c1cc(O)c(-c2c(N)cccc2N)cc1O. The molecule has 10 N–H and O–H groups in total. The fourth-order valence-electron chi connectivity index (χ4n) is 2.78. The van der Waals surface area contributed by atoms with Gasteiger partial charge in [0.25, 0.3) is 0 Å². The third-order valence-electron chi connectivity index (χ3n) is 3.91. The summed E-state index contributed by atoms with van der Waals surface area (Å²) in [7, 11) is 0. The molecule has 0 aliphatic rings. The molecule has 3 aromatic rings. The highest BCUT2D eigenvalue weighted by molar-refractivity contribution is 5.95. The van der Waals surface area contributed by atoms with Gasteiger partial charge in [0.2, 0.25) is 0 Å². The Morgan fingerprint density at radius 1 is 0.542 bits per heavy atom. The van der Waals surface area contributed by atoms with Gasteiger partial charge in [0.15, 0.2) is 0 Å². The molecule has 24 heavy (non-hydrogen) atoms. The van der Waals surface area contributed by atoms with E-state index in [-0.39, 0.29) is 11.5 Å². The third-order valence-corrected chi connectivity index (χ3v) is 3.91. The first kappa shape index (κ1) is 15.4. The van der Waals surface area contributed by atoms with Crippen LogP contribution >= 0.6 is 0 Å². The lowest BCUT2D eigenvalue weighted by molar-refractivity contribution is 0.463. The quantitative estimate of drug-likeness (QED) is 0.316. The lowest BCUT2D eigenvalue weighted by Crippen LogP contribution is -1.98. The number of phenolic OH excluding ortho intramolecular Hbond substituents is 2. The van der Waals surface area contributed by atoms with Gasteiger partial charge < -0.3 is 33.1 Å². The number of nitrogen functional groups attached to an aromatic ring is 4. The Hall–Kier alpha value is -3.54. The summed E-state index contributed by atoms with van der Waals surface area (Å²) in [5.41, 5.74) is 27.0. The van der Waals surface area contributed by atoms with E-state index in [1.54, 1.807) is 36.4 Å². The van der Waals surface area contributed by atoms with E-state index in [1.165, 1.54) is 12.1 Å². The average Bonchev–Trinajstić information content (AvgIpc) is 2.51. The van der Waals surface area contributed by atoms with Crippen LogP contribution in [-0.4, -0.2) is 10.2 Å². The molecule has 0 saturated heterocycles. The first-order valence-corrected chi connectivity index (χ1v) is 7.24. The van der Waals surface area contributed by atoms with Gasteiger partial charge in [0.1, 0.15) is 11.5 Å². The first-order chi connectivity index (χ1) is 11.4. The van der Waals surface area contributed by atoms with Crippen molar-refractivity contribution in [1.29, 1.82) is 0 Å². The van der Waals surface area contributed by atoms with Crippen LogP contribution in [0.2, 0.25) is 0 Å². The highest BCUT2D eigenvalue weighted by atomic mass is 16.3. The number of hydrogen-bond donors (Lipinski definition) is 6. The van der Waals surface area contributed by atoms with E-state index >= 15 is 0 Å². The normalized spacial score (nSPS) is 10.7. The summed E-state index contributed by atoms with van der Waals surface area (Å²) in [6.07, 6.45) is 0. The second-order valence-corrected chi connectivity index (χ2v) is 5.51. The maximum absolute atomic E-state index is 10.5. The number of nitrogens with two attached hydrogens (primary N) is 4. The number of phenols is 2. The molecular formula is C18H18N4O2. The number of aromatic hydroxyl groups is 2. The molecule has 0 bridgehead atoms. The van der Waals surface area contributed by atoms with Crippen LogP contribution in [0.4, 0.5) is 22.7 Å². The van der Waals surface area contributed by atoms with E-state index in [1.807, 2.05) is 0 Å². The molecule has 0 fully saturated rings. The first-order valence-electron chi connectivity index (χ1n) is 7.24. The molecule has 0 aliphatic carbocycles. The molecule has 0 saturated carbocycles. The van der Waals surface area contributed by atoms with Crippen molar-refractivity contribution in [2.45, 2.75) is 0 Å². The van der Waals surface area contributed by atoms with Crippen LogP contribution in [0.15, 0.2) is 48.5 Å². The van der Waals surface area contributed by atoms with Crippen molar-refractivity contribution in [3.8, 4) is 33.8 Å². The second kappa shape index (κ2) is 5.58. The summed E-state index contributed by atoms with van der Waals surface area (Å²) in [5, 5.41) is 20.9. The topological polar surface area (TPSA) is 145 Å². The van der Waals surface area contributed by atoms with Crippen molar-refractivity contribution in [3.63, 3.8) is 0 Å². The molecule has 122 valence electrons. The van der Waals surface area contributed by atoms with Crippen molar-refractivity contribution in [2.75, 3.05) is 22.9 Å². The van der Waals surface area contributed by atoms with Gasteiger partial charge in [-0.15, -0.1) is 0 Å². The molecule has 6 nitrogen and oxygen atoms in total. The molecule has 0 spiro atoms. The van der Waals surface area contributed by atoms with Crippen molar-refractivity contribution in [1.82, 2.24) is 0 Å². The predicted molar refractivity (Wildman–Crippen MR) is 98.3 cm³/mol. The second-order valence-electron chi connectivity index (χ2n) is 5.51. The third kappa shape index (κ3) is 2.40. The summed E-state index contributed by atoms with van der Waals surface area (Å²) in [4.78, 5) is 0. The Morgan fingerprint density at radius 2 is 0.833 bits per heavy atom. The van der Waals surface area contributed by atoms with Gasteiger partial charge in [-0.05, 0) is 36.4 Å². The van der Waals surface area contributed by atoms with Crippen molar-refractivity contribution in [3.05, 3.63) is 48.5 Å². The van der Waals surface area contributed by atoms with Crippen molar-refractivity contribution >= 4 is 22.7 Å². The van der Waals surface area contributed by atoms with E-state index in [9.17, 15) is 10.2 Å². The highest BCUT2D eigenvalue weighted by Gasteiger charge is 2.18. The fourth-order valence-corrected chi connectivity index (χ4v) is 2.78. The molecule has 3 rings (SSSR count). The number of rotatable bonds is 2. The lowest BCUT2D eigenvalue weighted by atomic mass is 9.94. The summed E-state index contributed by atoms with van der Waals surface area (Å²) in [6, 6.07) is 12.9. The fraction of sp³-hybridized carbons (Fsp3) is 0. The Labute approximate surface area is 138 Å². The maximum Gasteiger partial charge on any atom is 0.124 e. The monoisotopic (exact) mass is 322 g/mol. The maximum atomic E-state index is 10.5.